The second-order valence-corrected chi connectivity index (χ2v) is 14.2. The summed E-state index contributed by atoms with van der Waals surface area (Å²) < 4.78 is 15.9. The third kappa shape index (κ3) is 9.27. The second-order valence-electron chi connectivity index (χ2n) is 12.7. The van der Waals surface area contributed by atoms with E-state index in [1.807, 2.05) is 12.1 Å². The van der Waals surface area contributed by atoms with Gasteiger partial charge in [-0.25, -0.2) is 14.8 Å². The Morgan fingerprint density at radius 2 is 1.16 bits per heavy atom. The molecule has 0 amide bonds. The van der Waals surface area contributed by atoms with E-state index in [0.29, 0.717) is 61.9 Å². The number of fused-ring (bicyclic) bond motifs is 2. The van der Waals surface area contributed by atoms with Crippen LogP contribution in [0.2, 0.25) is 20.4 Å². The summed E-state index contributed by atoms with van der Waals surface area (Å²) in [6.45, 7) is 11.0. The van der Waals surface area contributed by atoms with E-state index in [9.17, 15) is 9.90 Å². The van der Waals surface area contributed by atoms with E-state index in [4.69, 9.17) is 60.6 Å². The molecule has 6 rings (SSSR count). The van der Waals surface area contributed by atoms with Crippen LogP contribution in [-0.4, -0.2) is 128 Å². The van der Waals surface area contributed by atoms with Crippen molar-refractivity contribution in [2.75, 3.05) is 87.3 Å². The van der Waals surface area contributed by atoms with E-state index in [2.05, 4.69) is 43.7 Å². The summed E-state index contributed by atoms with van der Waals surface area (Å²) in [5.74, 6) is 0.662. The van der Waals surface area contributed by atoms with Crippen LogP contribution in [0.5, 0.6) is 11.5 Å². The second kappa shape index (κ2) is 17.9. The number of likely N-dealkylation sites (N-methyl/N-ethyl adjacent to an activating group) is 2. The molecule has 1 N–H and O–H groups in total. The Hall–Kier alpha value is -2.71. The van der Waals surface area contributed by atoms with Crippen LogP contribution in [0.15, 0.2) is 24.3 Å². The van der Waals surface area contributed by atoms with Crippen LogP contribution in [-0.2, 0) is 24.4 Å². The van der Waals surface area contributed by atoms with E-state index >= 15 is 0 Å². The lowest BCUT2D eigenvalue weighted by molar-refractivity contribution is 0.0523. The van der Waals surface area contributed by atoms with Gasteiger partial charge in [-0.1, -0.05) is 46.4 Å². The molecule has 51 heavy (non-hydrogen) atoms. The van der Waals surface area contributed by atoms with Gasteiger partial charge in [0.15, 0.2) is 0 Å². The van der Waals surface area contributed by atoms with Gasteiger partial charge in [-0.15, -0.1) is 0 Å². The highest BCUT2D eigenvalue weighted by Crippen LogP contribution is 2.36. The normalized spacial score (nSPS) is 16.3. The molecule has 2 aromatic carbocycles. The van der Waals surface area contributed by atoms with Crippen LogP contribution >= 0.6 is 46.4 Å². The summed E-state index contributed by atoms with van der Waals surface area (Å²) >= 11 is 25.2. The lowest BCUT2D eigenvalue weighted by atomic mass is 10.0. The first kappa shape index (κ1) is 39.5. The fourth-order valence-corrected chi connectivity index (χ4v) is 7.34. The molecular formula is C36H44Cl4N6O5. The summed E-state index contributed by atoms with van der Waals surface area (Å²) in [6, 6.07) is 7.17. The Morgan fingerprint density at radius 3 is 1.61 bits per heavy atom. The average Bonchev–Trinajstić information content (AvgIpc) is 3.10. The molecule has 2 aliphatic heterocycles. The zero-order valence-corrected chi connectivity index (χ0v) is 32.6. The van der Waals surface area contributed by atoms with Crippen molar-refractivity contribution in [3.05, 3.63) is 66.9 Å². The molecule has 11 nitrogen and oxygen atoms in total. The highest BCUT2D eigenvalue weighted by molar-refractivity contribution is 6.35. The van der Waals surface area contributed by atoms with Gasteiger partial charge in [0.25, 0.3) is 0 Å². The molecule has 276 valence electrons. The first-order valence-electron chi connectivity index (χ1n) is 16.8. The number of hydrogen-bond acceptors (Lipinski definition) is 11. The summed E-state index contributed by atoms with van der Waals surface area (Å²) in [5.41, 5.74) is 4.12. The molecule has 2 aromatic heterocycles. The maximum absolute atomic E-state index is 12.6. The average molecular weight is 783 g/mol. The summed E-state index contributed by atoms with van der Waals surface area (Å²) in [6.07, 6.45) is 0. The number of methoxy groups -OCH3 is 2. The minimum Gasteiger partial charge on any atom is -0.495 e. The number of nitrogens with zero attached hydrogens (tertiary/aromatic N) is 6. The van der Waals surface area contributed by atoms with Crippen molar-refractivity contribution >= 4 is 74.2 Å². The monoisotopic (exact) mass is 780 g/mol. The smallest absolute Gasteiger partial charge is 0.341 e. The highest BCUT2D eigenvalue weighted by Gasteiger charge is 2.26. The fourth-order valence-electron chi connectivity index (χ4n) is 6.32. The molecule has 0 saturated carbocycles. The topological polar surface area (TPSA) is 104 Å². The van der Waals surface area contributed by atoms with Gasteiger partial charge in [-0.2, -0.15) is 0 Å². The third-order valence-electron chi connectivity index (χ3n) is 9.34. The number of hydrogen-bond donors (Lipinski definition) is 1. The molecule has 4 aromatic rings. The van der Waals surface area contributed by atoms with Crippen molar-refractivity contribution in [2.45, 2.75) is 26.6 Å². The standard InChI is InChI=1S/C19H23Cl2N3O3.C17H21Cl2N3O2/c1-4-27-19(25)17-13(11-24-7-5-23(2)6-8-24)12-9-16(26-3)14(20)10-15(12)22-18(17)21;1-21-3-5-22(6-4-21)9-12-11-7-16(24-2)14(18)8-15(11)20-17(19)13(12)10-23/h9-10H,4-8,11H2,1-3H3;7-8,23H,3-6,9-10H2,1-2H3. The van der Waals surface area contributed by atoms with Crippen LogP contribution in [0, 0.1) is 0 Å². The molecule has 0 aliphatic carbocycles. The molecule has 2 aliphatic rings. The number of aliphatic hydroxyl groups is 1. The molecule has 0 spiro atoms. The molecule has 0 radical (unpaired) electrons. The molecule has 0 unspecified atom stereocenters. The van der Waals surface area contributed by atoms with Crippen molar-refractivity contribution in [2.24, 2.45) is 0 Å². The van der Waals surface area contributed by atoms with Crippen molar-refractivity contribution < 1.29 is 24.1 Å². The van der Waals surface area contributed by atoms with Crippen LogP contribution in [0.3, 0.4) is 0 Å². The first-order chi connectivity index (χ1) is 24.5. The maximum Gasteiger partial charge on any atom is 0.341 e. The number of rotatable bonds is 9. The van der Waals surface area contributed by atoms with Gasteiger partial charge in [0, 0.05) is 81.8 Å². The minimum absolute atomic E-state index is 0.131. The van der Waals surface area contributed by atoms with Gasteiger partial charge < -0.3 is 29.1 Å². The third-order valence-corrected chi connectivity index (χ3v) is 10.5. The highest BCUT2D eigenvalue weighted by atomic mass is 35.5. The van der Waals surface area contributed by atoms with Crippen molar-refractivity contribution in [3.8, 4) is 11.5 Å². The number of piperazine rings is 2. The number of carbonyl (C=O) groups is 1. The molecule has 2 fully saturated rings. The lowest BCUT2D eigenvalue weighted by Gasteiger charge is -2.33. The van der Waals surface area contributed by atoms with Crippen molar-refractivity contribution in [3.63, 3.8) is 0 Å². The SMILES string of the molecule is CCOC(=O)c1c(Cl)nc2cc(Cl)c(OC)cc2c1CN1CCN(C)CC1.COc1cc2c(CN3CCN(C)CC3)c(CO)c(Cl)nc2cc1Cl. The number of halogens is 4. The number of esters is 1. The molecule has 0 bridgehead atoms. The maximum atomic E-state index is 12.6. The molecular weight excluding hydrogens is 738 g/mol. The Labute approximate surface area is 318 Å². The summed E-state index contributed by atoms with van der Waals surface area (Å²) in [5, 5.41) is 12.9. The molecule has 4 heterocycles. The molecule has 15 heteroatoms. The van der Waals surface area contributed by atoms with Crippen molar-refractivity contribution in [1.29, 1.82) is 0 Å². The number of aliphatic hydroxyl groups excluding tert-OH is 1. The quantitative estimate of drug-likeness (QED) is 0.154. The van der Waals surface area contributed by atoms with Gasteiger partial charge in [-0.3, -0.25) is 9.80 Å². The number of pyridine rings is 2. The zero-order chi connectivity index (χ0) is 36.8. The molecule has 0 atom stereocenters. The fraction of sp³-hybridized carbons (Fsp3) is 0.472. The van der Waals surface area contributed by atoms with E-state index in [0.717, 1.165) is 74.3 Å². The summed E-state index contributed by atoms with van der Waals surface area (Å²) in [4.78, 5) is 30.6. The predicted molar refractivity (Wildman–Crippen MR) is 204 cm³/mol. The molecule has 2 saturated heterocycles. The number of carbonyl (C=O) groups excluding carboxylic acids is 1. The van der Waals surface area contributed by atoms with Gasteiger partial charge >= 0.3 is 5.97 Å². The lowest BCUT2D eigenvalue weighted by Crippen LogP contribution is -2.44. The van der Waals surface area contributed by atoms with E-state index in [1.165, 1.54) is 0 Å². The number of aromatic nitrogens is 2. The Bertz CT molecular complexity index is 1860. The largest absolute Gasteiger partial charge is 0.495 e. The minimum atomic E-state index is -0.463. The number of ether oxygens (including phenoxy) is 3. The van der Waals surface area contributed by atoms with E-state index in [-0.39, 0.29) is 18.4 Å². The number of benzene rings is 2. The first-order valence-corrected chi connectivity index (χ1v) is 18.3. The van der Waals surface area contributed by atoms with Crippen LogP contribution in [0.25, 0.3) is 21.8 Å². The van der Waals surface area contributed by atoms with Crippen LogP contribution < -0.4 is 9.47 Å². The van der Waals surface area contributed by atoms with Crippen LogP contribution in [0.4, 0.5) is 0 Å². The van der Waals surface area contributed by atoms with Crippen LogP contribution in [0.1, 0.15) is 34.0 Å². The summed E-state index contributed by atoms with van der Waals surface area (Å²) in [7, 11) is 7.38. The van der Waals surface area contributed by atoms with E-state index in [1.54, 1.807) is 33.3 Å². The zero-order valence-electron chi connectivity index (χ0n) is 29.6. The predicted octanol–water partition coefficient (Wildman–Crippen LogP) is 6.26. The van der Waals surface area contributed by atoms with E-state index < -0.39 is 5.97 Å². The van der Waals surface area contributed by atoms with Gasteiger partial charge in [-0.05, 0) is 56.4 Å². The van der Waals surface area contributed by atoms with Gasteiger partial charge in [0.1, 0.15) is 27.4 Å². The Morgan fingerprint density at radius 1 is 0.706 bits per heavy atom. The van der Waals surface area contributed by atoms with Gasteiger partial charge in [0.05, 0.1) is 48.5 Å². The van der Waals surface area contributed by atoms with Crippen molar-refractivity contribution in [1.82, 2.24) is 29.6 Å². The Kier molecular flexibility index (Phi) is 13.8. The Balaban J connectivity index is 0.000000199. The van der Waals surface area contributed by atoms with Gasteiger partial charge in [0.2, 0.25) is 0 Å².